The average Bonchev–Trinajstić information content (AvgIpc) is 1.64. The van der Waals surface area contributed by atoms with Crippen LogP contribution >= 0.6 is 0 Å². The highest BCUT2D eigenvalue weighted by Crippen LogP contribution is 2.36. The van der Waals surface area contributed by atoms with E-state index in [1.165, 1.54) is 42.8 Å². The van der Waals surface area contributed by atoms with Crippen molar-refractivity contribution in [1.29, 1.82) is 0 Å². The number of nitrogens with one attached hydrogen (secondary N) is 3. The van der Waals surface area contributed by atoms with Crippen molar-refractivity contribution in [1.82, 2.24) is 54.3 Å². The van der Waals surface area contributed by atoms with Crippen molar-refractivity contribution in [3.8, 4) is 0 Å². The maximum Gasteiger partial charge on any atom is 0.168 e. The third-order valence-corrected chi connectivity index (χ3v) is 18.1. The molecule has 4 aromatic carbocycles. The third-order valence-electron chi connectivity index (χ3n) is 18.1. The molecule has 0 bridgehead atoms. The number of nitrogens with zero attached hydrogens (tertiary/aromatic N) is 12. The van der Waals surface area contributed by atoms with Crippen molar-refractivity contribution in [2.75, 3.05) is 87.1 Å². The Morgan fingerprint density at radius 3 is 1.32 bits per heavy atom. The van der Waals surface area contributed by atoms with Gasteiger partial charge in [-0.2, -0.15) is 0 Å². The van der Waals surface area contributed by atoms with Crippen LogP contribution in [-0.2, 0) is 36.8 Å². The summed E-state index contributed by atoms with van der Waals surface area (Å²) in [6.45, 7) is 5.47. The molecule has 10 aromatic rings. The van der Waals surface area contributed by atoms with Gasteiger partial charge in [0.25, 0.3) is 0 Å². The van der Waals surface area contributed by atoms with E-state index in [0.717, 1.165) is 50.7 Å². The van der Waals surface area contributed by atoms with E-state index in [4.69, 9.17) is 34.6 Å². The second-order valence-electron chi connectivity index (χ2n) is 24.4. The van der Waals surface area contributed by atoms with E-state index < -0.39 is 49.1 Å². The molecule has 0 spiro atoms. The minimum absolute atomic E-state index is 0.0651. The summed E-state index contributed by atoms with van der Waals surface area (Å²) in [6.07, 6.45) is 2.35. The highest BCUT2D eigenvalue weighted by atomic mass is 16.6. The van der Waals surface area contributed by atoms with E-state index in [1.54, 1.807) is 21.7 Å². The van der Waals surface area contributed by atoms with Crippen LogP contribution in [0, 0.1) is 0 Å². The number of carbonyl (C=O) groups excluding carboxylic acids is 1. The summed E-state index contributed by atoms with van der Waals surface area (Å²) in [4.78, 5) is 52.5. The highest BCUT2D eigenvalue weighted by Gasteiger charge is 2.46. The van der Waals surface area contributed by atoms with Gasteiger partial charge in [-0.25, -0.2) is 39.9 Å². The molecule has 14 rings (SSSR count). The molecule has 4 saturated heterocycles. The van der Waals surface area contributed by atoms with Crippen LogP contribution in [0.25, 0.3) is 22.3 Å². The van der Waals surface area contributed by atoms with E-state index in [1.807, 2.05) is 85.1 Å². The Hall–Kier alpha value is -9.25. The van der Waals surface area contributed by atoms with Crippen LogP contribution < -0.4 is 31.5 Å². The van der Waals surface area contributed by atoms with E-state index in [2.05, 4.69) is 135 Å². The van der Waals surface area contributed by atoms with Crippen molar-refractivity contribution in [3.63, 3.8) is 0 Å². The largest absolute Gasteiger partial charge is 0.387 e. The molecule has 4 aliphatic rings. The molecule has 0 unspecified atom stereocenters. The van der Waals surface area contributed by atoms with Crippen LogP contribution in [-0.4, -0.2) is 185 Å². The first-order chi connectivity index (χ1) is 47.5. The number of nitrogens with two attached hydrogens (primary N) is 1. The molecule has 25 nitrogen and oxygen atoms in total. The fraction of sp³-hybridized carbons (Fsp3) is 0.375. The van der Waals surface area contributed by atoms with E-state index in [0.29, 0.717) is 89.9 Å². The normalized spacial score (nSPS) is 21.2. The number of fused-ring (bicyclic) bond motifs is 2. The smallest absolute Gasteiger partial charge is 0.168 e. The second-order valence-corrected chi connectivity index (χ2v) is 24.4. The van der Waals surface area contributed by atoms with Crippen molar-refractivity contribution in [2.45, 2.75) is 106 Å². The fourth-order valence-electron chi connectivity index (χ4n) is 12.8. The van der Waals surface area contributed by atoms with Crippen molar-refractivity contribution < 1.29 is 44.2 Å². The third kappa shape index (κ3) is 16.3. The Kier molecular flexibility index (Phi) is 22.8. The Bertz CT molecular complexity index is 3980. The second kappa shape index (κ2) is 32.7. The predicted molar refractivity (Wildman–Crippen MR) is 368 cm³/mol. The van der Waals surface area contributed by atoms with Gasteiger partial charge in [0.15, 0.2) is 46.4 Å². The Morgan fingerprint density at radius 2 is 0.918 bits per heavy atom. The first-order valence-corrected chi connectivity index (χ1v) is 33.0. The summed E-state index contributed by atoms with van der Waals surface area (Å²) in [5.74, 6) is 4.65. The molecule has 10 heterocycles. The minimum atomic E-state index is -1.18. The molecule has 8 atom stereocenters. The van der Waals surface area contributed by atoms with Crippen LogP contribution in [0.2, 0.25) is 0 Å². The van der Waals surface area contributed by atoms with Crippen molar-refractivity contribution in [2.24, 2.45) is 5.73 Å². The first-order valence-electron chi connectivity index (χ1n) is 33.0. The van der Waals surface area contributed by atoms with Crippen molar-refractivity contribution >= 4 is 51.4 Å². The lowest BCUT2D eigenvalue weighted by Crippen LogP contribution is -2.42. The van der Waals surface area contributed by atoms with Gasteiger partial charge in [0, 0.05) is 96.6 Å². The van der Waals surface area contributed by atoms with Gasteiger partial charge < -0.3 is 70.9 Å². The summed E-state index contributed by atoms with van der Waals surface area (Å²) in [7, 11) is 3.05. The van der Waals surface area contributed by atoms with Crippen LogP contribution in [0.4, 0.5) is 23.3 Å². The number of ether oxygens (including phenoxy) is 4. The summed E-state index contributed by atoms with van der Waals surface area (Å²) < 4.78 is 25.6. The lowest BCUT2D eigenvalue weighted by atomic mass is 9.91. The van der Waals surface area contributed by atoms with E-state index in [-0.39, 0.29) is 31.6 Å². The Balaban J connectivity index is 0.000000160. The predicted octanol–water partition coefficient (Wildman–Crippen LogP) is 6.54. The van der Waals surface area contributed by atoms with Gasteiger partial charge in [-0.05, 0) is 59.4 Å². The minimum Gasteiger partial charge on any atom is -0.387 e. The van der Waals surface area contributed by atoms with Crippen LogP contribution in [0.15, 0.2) is 183 Å². The number of Topliss-reactive ketones (excluding diaryl/α,β-unsaturated/α-hetero) is 1. The number of rotatable bonds is 22. The SMILES string of the molecule is COC[C@H]1O[C@@H](n2cnc3c(NCC(c4ccccc4)c4ccccc4)nc(CN)nc32)[C@H](O)[C@@H]1O.COC[C@H]1O[C@@H](n2cnc3c(NCC(c4ccccc4)c4ccccc4)nc(CNC4CCN(c5ccccn5)CC4)nc32)[C@H](O)[C@@H]1O.O=C1CCN(c2ccccn2)CC1. The lowest BCUT2D eigenvalue weighted by Gasteiger charge is -2.33. The quantitative estimate of drug-likeness (QED) is 0.0357. The number of aliphatic hydroxyl groups is 4. The molecule has 97 heavy (non-hydrogen) atoms. The van der Waals surface area contributed by atoms with Gasteiger partial charge >= 0.3 is 0 Å². The summed E-state index contributed by atoms with van der Waals surface area (Å²) >= 11 is 0. The summed E-state index contributed by atoms with van der Waals surface area (Å²) in [6, 6.07) is 53.5. The molecule has 0 radical (unpaired) electrons. The fourth-order valence-corrected chi connectivity index (χ4v) is 12.8. The Morgan fingerprint density at radius 1 is 0.515 bits per heavy atom. The molecule has 9 N–H and O–H groups in total. The van der Waals surface area contributed by atoms with Crippen LogP contribution in [0.5, 0.6) is 0 Å². The zero-order valence-corrected chi connectivity index (χ0v) is 54.3. The van der Waals surface area contributed by atoms with Gasteiger partial charge in [-0.3, -0.25) is 13.9 Å². The van der Waals surface area contributed by atoms with Gasteiger partial charge in [-0.15, -0.1) is 0 Å². The van der Waals surface area contributed by atoms with E-state index >= 15 is 0 Å². The number of anilines is 4. The molecular weight excluding hydrogens is 1230 g/mol. The first kappa shape index (κ1) is 67.7. The monoisotopic (exact) mass is 1320 g/mol. The number of hydrogen-bond acceptors (Lipinski definition) is 23. The molecule has 4 aliphatic heterocycles. The molecule has 0 amide bonds. The zero-order valence-electron chi connectivity index (χ0n) is 54.3. The number of benzene rings is 4. The number of aromatic nitrogens is 10. The number of carbonyl (C=O) groups is 1. The van der Waals surface area contributed by atoms with Gasteiger partial charge in [0.2, 0.25) is 0 Å². The molecule has 6 aromatic heterocycles. The van der Waals surface area contributed by atoms with Gasteiger partial charge in [-0.1, -0.05) is 133 Å². The number of ketones is 1. The average molecular weight is 1320 g/mol. The zero-order chi connectivity index (χ0) is 67.0. The number of methoxy groups -OCH3 is 2. The standard InChI is InChI=1S/C36H42N8O4.C26H30N6O4.C10H12N2O/c1-47-22-28-32(45)33(46)36(48-28)44-23-40-31-34(39-20-27(24-10-4-2-5-11-24)25-12-6-3-7-13-25)41-29(42-35(31)44)21-38-26-15-18-43(19-16-26)30-14-8-9-17-37-30;1-35-14-19-22(33)23(34)26(36-19)32-15-29-21-24(30-20(12-27)31-25(21)32)28-13-18(16-8-4-2-5-9-16)17-10-6-3-7-11-17;13-9-4-7-12(8-5-9)10-3-1-2-6-11-10/h2-14,17,23,26-28,32-33,36,38,45-46H,15-16,18-22H2,1H3,(H,39,41,42);2-11,15,18-19,22-23,26,33-34H,12-14,27H2,1H3,(H,28,30,31);1-3,6H,4-5,7-8H2/t28-,32-,33-,36-;19-,22-,23-,26-;/m11./s1. The maximum absolute atomic E-state index is 11.0. The molecular formula is C72H84N16O9. The topological polar surface area (TPSA) is 316 Å². The molecule has 506 valence electrons. The number of imidazole rings is 2. The number of piperidine rings is 2. The summed E-state index contributed by atoms with van der Waals surface area (Å²) in [5.41, 5.74) is 12.7. The lowest BCUT2D eigenvalue weighted by molar-refractivity contribution is -0.119. The summed E-state index contributed by atoms with van der Waals surface area (Å²) in [5, 5.41) is 53.4. The molecule has 0 saturated carbocycles. The highest BCUT2D eigenvalue weighted by molar-refractivity contribution is 5.84. The van der Waals surface area contributed by atoms with Gasteiger partial charge in [0.05, 0.1) is 39.0 Å². The maximum atomic E-state index is 11.0. The van der Waals surface area contributed by atoms with Gasteiger partial charge in [0.1, 0.15) is 65.7 Å². The molecule has 0 aliphatic carbocycles. The van der Waals surface area contributed by atoms with Crippen molar-refractivity contribution in [3.05, 3.63) is 217 Å². The molecule has 25 heteroatoms. The van der Waals surface area contributed by atoms with Crippen LogP contribution in [0.3, 0.4) is 0 Å². The number of aliphatic hydroxyl groups excluding tert-OH is 4. The van der Waals surface area contributed by atoms with E-state index in [9.17, 15) is 25.2 Å². The number of pyridine rings is 2. The Labute approximate surface area is 562 Å². The molecule has 4 fully saturated rings. The van der Waals surface area contributed by atoms with Crippen LogP contribution in [0.1, 0.15) is 83.9 Å². The number of hydrogen-bond donors (Lipinski definition) is 8.